The summed E-state index contributed by atoms with van der Waals surface area (Å²) in [6.45, 7) is 9.26. The molecule has 6 nitrogen and oxygen atoms in total. The first-order valence-electron chi connectivity index (χ1n) is 13.5. The van der Waals surface area contributed by atoms with Crippen molar-refractivity contribution >= 4 is 5.91 Å². The normalized spacial score (nSPS) is 35.6. The van der Waals surface area contributed by atoms with Crippen molar-refractivity contribution in [2.24, 2.45) is 29.6 Å². The Bertz CT molecular complexity index is 871. The first-order chi connectivity index (χ1) is 16.1. The van der Waals surface area contributed by atoms with E-state index in [1.165, 1.54) is 49.9 Å². The largest absolute Gasteiger partial charge is 0.335 e. The summed E-state index contributed by atoms with van der Waals surface area (Å²) in [5.41, 5.74) is 3.17. The number of piperazine rings is 1. The third-order valence-electron chi connectivity index (χ3n) is 9.71. The number of nitrogens with zero attached hydrogens (tertiary/aromatic N) is 4. The van der Waals surface area contributed by atoms with E-state index in [0.29, 0.717) is 18.3 Å². The zero-order valence-corrected chi connectivity index (χ0v) is 20.3. The molecule has 5 fully saturated rings. The molecule has 180 valence electrons. The lowest BCUT2D eigenvalue weighted by atomic mass is 9.52. The van der Waals surface area contributed by atoms with E-state index in [4.69, 9.17) is 5.10 Å². The number of likely N-dealkylation sites (N-methyl/N-ethyl adjacent to an activating group) is 1. The Morgan fingerprint density at radius 2 is 1.79 bits per heavy atom. The number of carbonyl (C=O) groups is 1. The van der Waals surface area contributed by atoms with Crippen LogP contribution in [0, 0.1) is 29.6 Å². The number of carbonyl (C=O) groups excluding carboxylic acids is 1. The van der Waals surface area contributed by atoms with E-state index >= 15 is 0 Å². The van der Waals surface area contributed by atoms with Gasteiger partial charge in [0.1, 0.15) is 0 Å². The Morgan fingerprint density at radius 1 is 1.09 bits per heavy atom. The molecule has 0 aromatic carbocycles. The van der Waals surface area contributed by atoms with Crippen LogP contribution in [0.15, 0.2) is 12.7 Å². The van der Waals surface area contributed by atoms with Gasteiger partial charge in [-0.3, -0.25) is 9.48 Å². The van der Waals surface area contributed by atoms with Crippen LogP contribution >= 0.6 is 0 Å². The highest BCUT2D eigenvalue weighted by molar-refractivity contribution is 5.94. The quantitative estimate of drug-likeness (QED) is 0.676. The van der Waals surface area contributed by atoms with Crippen LogP contribution in [0.5, 0.6) is 0 Å². The van der Waals surface area contributed by atoms with Crippen LogP contribution in [0.2, 0.25) is 0 Å². The fraction of sp³-hybridized carbons (Fsp3) is 0.778. The molecule has 1 aliphatic heterocycles. The number of fused-ring (bicyclic) bond motifs is 1. The molecule has 0 radical (unpaired) electrons. The van der Waals surface area contributed by atoms with Crippen LogP contribution in [0.1, 0.15) is 60.3 Å². The smallest absolute Gasteiger partial charge is 0.274 e. The molecule has 7 rings (SSSR count). The van der Waals surface area contributed by atoms with E-state index in [9.17, 15) is 4.79 Å². The lowest BCUT2D eigenvalue weighted by Crippen LogP contribution is -2.50. The number of allylic oxidation sites excluding steroid dienone is 1. The van der Waals surface area contributed by atoms with Crippen molar-refractivity contribution in [2.45, 2.75) is 64.0 Å². The van der Waals surface area contributed by atoms with E-state index in [1.807, 2.05) is 15.7 Å². The van der Waals surface area contributed by atoms with Gasteiger partial charge in [-0.1, -0.05) is 6.08 Å². The molecule has 1 unspecified atom stereocenters. The molecule has 6 aliphatic rings. The fourth-order valence-electron chi connectivity index (χ4n) is 8.14. The van der Waals surface area contributed by atoms with E-state index in [0.717, 1.165) is 75.0 Å². The second-order valence-electron chi connectivity index (χ2n) is 11.8. The molecule has 1 saturated heterocycles. The number of aromatic nitrogens is 2. The van der Waals surface area contributed by atoms with E-state index in [1.54, 1.807) is 0 Å². The molecular weight excluding hydrogens is 410 g/mol. The molecule has 33 heavy (non-hydrogen) atoms. The van der Waals surface area contributed by atoms with E-state index in [2.05, 4.69) is 23.8 Å². The van der Waals surface area contributed by atoms with Crippen LogP contribution in [0.3, 0.4) is 0 Å². The maximum atomic E-state index is 13.5. The van der Waals surface area contributed by atoms with Crippen molar-refractivity contribution in [3.63, 3.8) is 0 Å². The van der Waals surface area contributed by atoms with Crippen LogP contribution in [0.25, 0.3) is 0 Å². The molecule has 2 heterocycles. The summed E-state index contributed by atoms with van der Waals surface area (Å²) < 4.78 is 2.04. The highest BCUT2D eigenvalue weighted by Gasteiger charge is 2.48. The van der Waals surface area contributed by atoms with Gasteiger partial charge in [-0.05, 0) is 94.5 Å². The average molecular weight is 452 g/mol. The maximum absolute atomic E-state index is 13.5. The Kier molecular flexibility index (Phi) is 5.86. The summed E-state index contributed by atoms with van der Waals surface area (Å²) in [5, 5.41) is 8.83. The molecule has 1 amide bonds. The summed E-state index contributed by atoms with van der Waals surface area (Å²) >= 11 is 0. The Morgan fingerprint density at radius 3 is 2.45 bits per heavy atom. The van der Waals surface area contributed by atoms with Gasteiger partial charge in [0.15, 0.2) is 5.69 Å². The predicted octanol–water partition coefficient (Wildman–Crippen LogP) is 2.98. The molecular formula is C27H41N5O. The molecule has 0 spiro atoms. The topological polar surface area (TPSA) is 53.4 Å². The van der Waals surface area contributed by atoms with Crippen molar-refractivity contribution in [1.82, 2.24) is 24.9 Å². The molecule has 1 N–H and O–H groups in total. The molecule has 1 aromatic heterocycles. The van der Waals surface area contributed by atoms with Crippen LogP contribution in [0.4, 0.5) is 0 Å². The summed E-state index contributed by atoms with van der Waals surface area (Å²) in [6.07, 6.45) is 12.5. The van der Waals surface area contributed by atoms with Crippen LogP contribution in [-0.2, 0) is 19.4 Å². The van der Waals surface area contributed by atoms with Gasteiger partial charge in [-0.25, -0.2) is 0 Å². The monoisotopic (exact) mass is 451 g/mol. The van der Waals surface area contributed by atoms with E-state index < -0.39 is 0 Å². The van der Waals surface area contributed by atoms with Gasteiger partial charge in [0, 0.05) is 43.5 Å². The second kappa shape index (κ2) is 8.84. The third kappa shape index (κ3) is 4.07. The van der Waals surface area contributed by atoms with Gasteiger partial charge in [-0.2, -0.15) is 5.10 Å². The summed E-state index contributed by atoms with van der Waals surface area (Å²) in [6, 6.07) is 0.468. The zero-order valence-electron chi connectivity index (χ0n) is 20.3. The molecule has 4 bridgehead atoms. The number of hydrogen-bond donors (Lipinski definition) is 1. The number of hydrogen-bond acceptors (Lipinski definition) is 4. The van der Waals surface area contributed by atoms with Crippen molar-refractivity contribution in [3.05, 3.63) is 29.6 Å². The van der Waals surface area contributed by atoms with Crippen LogP contribution < -0.4 is 5.32 Å². The van der Waals surface area contributed by atoms with Gasteiger partial charge in [0.25, 0.3) is 5.91 Å². The van der Waals surface area contributed by atoms with Crippen molar-refractivity contribution < 1.29 is 4.79 Å². The highest BCUT2D eigenvalue weighted by atomic mass is 16.2. The Labute approximate surface area is 198 Å². The fourth-order valence-corrected chi connectivity index (χ4v) is 8.14. The van der Waals surface area contributed by atoms with Gasteiger partial charge in [-0.15, -0.1) is 6.58 Å². The minimum absolute atomic E-state index is 0.129. The highest BCUT2D eigenvalue weighted by Crippen LogP contribution is 2.56. The third-order valence-corrected chi connectivity index (χ3v) is 9.71. The van der Waals surface area contributed by atoms with Gasteiger partial charge >= 0.3 is 0 Å². The summed E-state index contributed by atoms with van der Waals surface area (Å²) in [7, 11) is 2.13. The summed E-state index contributed by atoms with van der Waals surface area (Å²) in [4.78, 5) is 17.8. The van der Waals surface area contributed by atoms with Gasteiger partial charge in [0.05, 0.1) is 6.54 Å². The Hall–Kier alpha value is -1.66. The minimum Gasteiger partial charge on any atom is -0.335 e. The van der Waals surface area contributed by atoms with Gasteiger partial charge in [0.2, 0.25) is 0 Å². The maximum Gasteiger partial charge on any atom is 0.274 e. The lowest BCUT2D eigenvalue weighted by molar-refractivity contribution is -0.0364. The van der Waals surface area contributed by atoms with Gasteiger partial charge < -0.3 is 15.1 Å². The number of rotatable bonds is 6. The molecule has 1 atom stereocenters. The SMILES string of the molecule is C=CCn1nc(C(=O)N2CCN(C)CC2)c2c1CCC(NCC1C3CC4CC(C3)CC1C4)C2. The first kappa shape index (κ1) is 21.8. The lowest BCUT2D eigenvalue weighted by Gasteiger charge is -2.54. The van der Waals surface area contributed by atoms with Crippen LogP contribution in [-0.4, -0.2) is 71.3 Å². The average Bonchev–Trinajstić information content (AvgIpc) is 3.16. The molecule has 1 aromatic rings. The summed E-state index contributed by atoms with van der Waals surface area (Å²) in [5.74, 6) is 5.04. The standard InChI is InChI=1S/C27H41N5O/c1-3-6-32-25-5-4-22(28-17-24-20-12-18-11-19(14-20)15-21(24)13-18)16-23(25)26(29-32)27(33)31-9-7-30(2)8-10-31/h3,18-22,24,28H,1,4-17H2,2H3. The molecule has 4 saturated carbocycles. The van der Waals surface area contributed by atoms with E-state index in [-0.39, 0.29) is 5.91 Å². The second-order valence-corrected chi connectivity index (χ2v) is 11.8. The zero-order chi connectivity index (χ0) is 22.5. The molecule has 5 aliphatic carbocycles. The first-order valence-corrected chi connectivity index (χ1v) is 13.5. The number of nitrogens with one attached hydrogen (secondary N) is 1. The minimum atomic E-state index is 0.129. The van der Waals surface area contributed by atoms with Crippen molar-refractivity contribution in [2.75, 3.05) is 39.8 Å². The predicted molar refractivity (Wildman–Crippen MR) is 130 cm³/mol. The van der Waals surface area contributed by atoms with Crippen molar-refractivity contribution in [3.8, 4) is 0 Å². The number of amides is 1. The van der Waals surface area contributed by atoms with Crippen molar-refractivity contribution in [1.29, 1.82) is 0 Å². The molecule has 6 heteroatoms. The Balaban J connectivity index is 1.15.